The summed E-state index contributed by atoms with van der Waals surface area (Å²) < 4.78 is 5.41. The second-order valence-electron chi connectivity index (χ2n) is 4.49. The van der Waals surface area contributed by atoms with Gasteiger partial charge in [0.2, 0.25) is 5.91 Å². The molecule has 1 amide bonds. The van der Waals surface area contributed by atoms with Gasteiger partial charge >= 0.3 is 0 Å². The number of hydrogen-bond acceptors (Lipinski definition) is 4. The summed E-state index contributed by atoms with van der Waals surface area (Å²) in [5, 5.41) is 6.45. The van der Waals surface area contributed by atoms with Crippen LogP contribution in [0.4, 0.5) is 0 Å². The van der Waals surface area contributed by atoms with E-state index in [1.807, 2.05) is 4.90 Å². The SMILES string of the molecule is [N-]=[N+]=NC1CN(CC(=O)NCC2CCCO2)C1. The van der Waals surface area contributed by atoms with Crippen LogP contribution in [0.1, 0.15) is 12.8 Å². The summed E-state index contributed by atoms with van der Waals surface area (Å²) in [7, 11) is 0. The highest BCUT2D eigenvalue weighted by Gasteiger charge is 2.27. The number of nitrogens with zero attached hydrogens (tertiary/aromatic N) is 4. The van der Waals surface area contributed by atoms with Crippen LogP contribution < -0.4 is 5.32 Å². The first-order valence-electron chi connectivity index (χ1n) is 5.93. The van der Waals surface area contributed by atoms with E-state index >= 15 is 0 Å². The molecule has 2 aliphatic heterocycles. The zero-order valence-corrected chi connectivity index (χ0v) is 9.71. The van der Waals surface area contributed by atoms with E-state index < -0.39 is 0 Å². The molecule has 2 aliphatic rings. The number of ether oxygens (including phenoxy) is 1. The second kappa shape index (κ2) is 5.86. The summed E-state index contributed by atoms with van der Waals surface area (Å²) in [6, 6.07) is 0.0333. The van der Waals surface area contributed by atoms with Crippen molar-refractivity contribution in [2.24, 2.45) is 5.11 Å². The van der Waals surface area contributed by atoms with E-state index in [1.54, 1.807) is 0 Å². The molecule has 0 saturated carbocycles. The van der Waals surface area contributed by atoms with Crippen molar-refractivity contribution in [2.45, 2.75) is 25.0 Å². The molecule has 94 valence electrons. The number of nitrogens with one attached hydrogen (secondary N) is 1. The van der Waals surface area contributed by atoms with Crippen molar-refractivity contribution < 1.29 is 9.53 Å². The van der Waals surface area contributed by atoms with Crippen molar-refractivity contribution in [1.29, 1.82) is 0 Å². The Morgan fingerprint density at radius 3 is 3.06 bits per heavy atom. The Morgan fingerprint density at radius 2 is 2.41 bits per heavy atom. The van der Waals surface area contributed by atoms with E-state index in [-0.39, 0.29) is 18.1 Å². The molecule has 2 saturated heterocycles. The third kappa shape index (κ3) is 3.59. The lowest BCUT2D eigenvalue weighted by Gasteiger charge is -2.35. The van der Waals surface area contributed by atoms with Crippen LogP contribution in [-0.4, -0.2) is 55.7 Å². The monoisotopic (exact) mass is 239 g/mol. The van der Waals surface area contributed by atoms with E-state index in [9.17, 15) is 4.79 Å². The van der Waals surface area contributed by atoms with Gasteiger partial charge in [0.15, 0.2) is 0 Å². The quantitative estimate of drug-likeness (QED) is 0.424. The van der Waals surface area contributed by atoms with Crippen molar-refractivity contribution in [2.75, 3.05) is 32.8 Å². The van der Waals surface area contributed by atoms with Crippen molar-refractivity contribution in [1.82, 2.24) is 10.2 Å². The number of azide groups is 1. The molecule has 0 bridgehead atoms. The third-order valence-corrected chi connectivity index (χ3v) is 3.07. The zero-order chi connectivity index (χ0) is 12.1. The van der Waals surface area contributed by atoms with E-state index in [1.165, 1.54) is 0 Å². The minimum absolute atomic E-state index is 0.0138. The van der Waals surface area contributed by atoms with Crippen molar-refractivity contribution in [3.8, 4) is 0 Å². The highest BCUT2D eigenvalue weighted by molar-refractivity contribution is 5.78. The second-order valence-corrected chi connectivity index (χ2v) is 4.49. The Balaban J connectivity index is 1.57. The summed E-state index contributed by atoms with van der Waals surface area (Å²) in [4.78, 5) is 16.3. The Kier molecular flexibility index (Phi) is 4.19. The average molecular weight is 239 g/mol. The maximum absolute atomic E-state index is 11.6. The lowest BCUT2D eigenvalue weighted by Crippen LogP contribution is -2.53. The minimum Gasteiger partial charge on any atom is -0.376 e. The van der Waals surface area contributed by atoms with Crippen LogP contribution in [0.3, 0.4) is 0 Å². The number of carbonyl (C=O) groups is 1. The number of amides is 1. The van der Waals surface area contributed by atoms with Crippen molar-refractivity contribution >= 4 is 5.91 Å². The minimum atomic E-state index is 0.0138. The molecule has 17 heavy (non-hydrogen) atoms. The fourth-order valence-electron chi connectivity index (χ4n) is 2.11. The largest absolute Gasteiger partial charge is 0.376 e. The Labute approximate surface area is 99.7 Å². The van der Waals surface area contributed by atoms with Crippen LogP contribution in [0.15, 0.2) is 5.11 Å². The van der Waals surface area contributed by atoms with Crippen molar-refractivity contribution in [3.63, 3.8) is 0 Å². The zero-order valence-electron chi connectivity index (χ0n) is 9.71. The van der Waals surface area contributed by atoms with E-state index in [4.69, 9.17) is 10.3 Å². The molecule has 0 aromatic heterocycles. The van der Waals surface area contributed by atoms with Gasteiger partial charge in [-0.1, -0.05) is 5.11 Å². The maximum Gasteiger partial charge on any atom is 0.234 e. The van der Waals surface area contributed by atoms with E-state index in [0.717, 1.165) is 19.4 Å². The molecule has 0 aromatic carbocycles. The van der Waals surface area contributed by atoms with Gasteiger partial charge in [0.05, 0.1) is 18.7 Å². The van der Waals surface area contributed by atoms with Gasteiger partial charge in [0.1, 0.15) is 0 Å². The first kappa shape index (κ1) is 12.2. The molecule has 0 aromatic rings. The normalized spacial score (nSPS) is 25.1. The summed E-state index contributed by atoms with van der Waals surface area (Å²) in [5.41, 5.74) is 8.22. The molecule has 2 heterocycles. The van der Waals surface area contributed by atoms with Gasteiger partial charge < -0.3 is 10.1 Å². The molecular weight excluding hydrogens is 222 g/mol. The van der Waals surface area contributed by atoms with Crippen molar-refractivity contribution in [3.05, 3.63) is 10.4 Å². The molecule has 2 fully saturated rings. The Morgan fingerprint density at radius 1 is 1.59 bits per heavy atom. The number of carbonyl (C=O) groups excluding carboxylic acids is 1. The van der Waals surface area contributed by atoms with Crippen LogP contribution in [-0.2, 0) is 9.53 Å². The third-order valence-electron chi connectivity index (χ3n) is 3.07. The van der Waals surface area contributed by atoms with E-state index in [0.29, 0.717) is 26.2 Å². The van der Waals surface area contributed by atoms with Crippen LogP contribution in [0, 0.1) is 0 Å². The lowest BCUT2D eigenvalue weighted by atomic mass is 10.1. The smallest absolute Gasteiger partial charge is 0.234 e. The standard InChI is InChI=1S/C10H17N5O2/c11-14-13-8-5-15(6-8)7-10(16)12-4-9-2-1-3-17-9/h8-9H,1-7H2,(H,12,16). The van der Waals surface area contributed by atoms with Crippen LogP contribution in [0.5, 0.6) is 0 Å². The van der Waals surface area contributed by atoms with Gasteiger partial charge in [-0.2, -0.15) is 0 Å². The number of rotatable bonds is 5. The predicted molar refractivity (Wildman–Crippen MR) is 61.4 cm³/mol. The Bertz CT molecular complexity index is 317. The first-order chi connectivity index (χ1) is 8.28. The Hall–Kier alpha value is -1.30. The van der Waals surface area contributed by atoms with Gasteiger partial charge in [-0.15, -0.1) is 0 Å². The molecule has 7 heteroatoms. The van der Waals surface area contributed by atoms with Gasteiger partial charge in [0, 0.05) is 31.2 Å². The number of hydrogen-bond donors (Lipinski definition) is 1. The van der Waals surface area contributed by atoms with Gasteiger partial charge in [-0.05, 0) is 18.4 Å². The van der Waals surface area contributed by atoms with Gasteiger partial charge in [0.25, 0.3) is 0 Å². The average Bonchev–Trinajstić information content (AvgIpc) is 2.76. The maximum atomic E-state index is 11.6. The van der Waals surface area contributed by atoms with Crippen LogP contribution in [0.25, 0.3) is 10.4 Å². The van der Waals surface area contributed by atoms with Crippen LogP contribution >= 0.6 is 0 Å². The van der Waals surface area contributed by atoms with Gasteiger partial charge in [-0.25, -0.2) is 0 Å². The molecule has 1 N–H and O–H groups in total. The molecule has 1 unspecified atom stereocenters. The van der Waals surface area contributed by atoms with E-state index in [2.05, 4.69) is 15.3 Å². The summed E-state index contributed by atoms with van der Waals surface area (Å²) in [5.74, 6) is 0.0138. The molecule has 0 spiro atoms. The summed E-state index contributed by atoms with van der Waals surface area (Å²) >= 11 is 0. The molecular formula is C10H17N5O2. The molecule has 1 atom stereocenters. The molecule has 0 radical (unpaired) electrons. The molecule has 7 nitrogen and oxygen atoms in total. The predicted octanol–water partition coefficient (Wildman–Crippen LogP) is 0.276. The lowest BCUT2D eigenvalue weighted by molar-refractivity contribution is -0.123. The van der Waals surface area contributed by atoms with Gasteiger partial charge in [-0.3, -0.25) is 9.69 Å². The van der Waals surface area contributed by atoms with Crippen LogP contribution in [0.2, 0.25) is 0 Å². The first-order valence-corrected chi connectivity index (χ1v) is 5.93. The topological polar surface area (TPSA) is 90.3 Å². The summed E-state index contributed by atoms with van der Waals surface area (Å²) in [6.07, 6.45) is 2.30. The fraction of sp³-hybridized carbons (Fsp3) is 0.900. The molecule has 2 rings (SSSR count). The molecule has 0 aliphatic carbocycles. The number of likely N-dealkylation sites (tertiary alicyclic amines) is 1. The highest BCUT2D eigenvalue weighted by Crippen LogP contribution is 2.12. The summed E-state index contributed by atoms with van der Waals surface area (Å²) in [6.45, 7) is 3.14. The fourth-order valence-corrected chi connectivity index (χ4v) is 2.11. The highest BCUT2D eigenvalue weighted by atomic mass is 16.5.